The van der Waals surface area contributed by atoms with Crippen LogP contribution in [0.2, 0.25) is 0 Å². The van der Waals surface area contributed by atoms with Crippen molar-refractivity contribution in [3.05, 3.63) is 58.1 Å². The number of nitrogens with two attached hydrogens (primary N) is 2. The minimum absolute atomic E-state index is 0.0349. The number of hydrogen-bond donors (Lipinski definition) is 2. The number of benzene rings is 2. The number of ether oxygens (including phenoxy) is 1. The van der Waals surface area contributed by atoms with Crippen molar-refractivity contribution in [1.82, 2.24) is 0 Å². The van der Waals surface area contributed by atoms with E-state index in [0.717, 1.165) is 12.1 Å². The van der Waals surface area contributed by atoms with E-state index in [2.05, 4.69) is 10.2 Å². The first kappa shape index (κ1) is 21.6. The quantitative estimate of drug-likeness (QED) is 0.154. The SMILES string of the molecule is Cc1cc(OCCC=NN=C(N)N)cc(OS(=O)(=O)c2ccccc2[N+](=O)[O-])c1. The summed E-state index contributed by atoms with van der Waals surface area (Å²) >= 11 is 0. The molecule has 0 heterocycles. The van der Waals surface area contributed by atoms with Crippen LogP contribution in [0.5, 0.6) is 11.5 Å². The molecular weight excluding hydrogens is 402 g/mol. The number of nitro groups is 1. The molecule has 0 aromatic heterocycles. The Balaban J connectivity index is 2.14. The van der Waals surface area contributed by atoms with Crippen LogP contribution in [-0.2, 0) is 10.1 Å². The molecule has 4 N–H and O–H groups in total. The van der Waals surface area contributed by atoms with Gasteiger partial charge in [-0.2, -0.15) is 13.5 Å². The van der Waals surface area contributed by atoms with E-state index in [-0.39, 0.29) is 18.3 Å². The Morgan fingerprint density at radius 1 is 1.21 bits per heavy atom. The van der Waals surface area contributed by atoms with E-state index in [1.54, 1.807) is 13.0 Å². The Kier molecular flexibility index (Phi) is 7.09. The molecule has 0 aliphatic heterocycles. The van der Waals surface area contributed by atoms with E-state index < -0.39 is 25.6 Å². The Bertz CT molecular complexity index is 1050. The maximum atomic E-state index is 12.5. The van der Waals surface area contributed by atoms with Gasteiger partial charge in [0.15, 0.2) is 4.90 Å². The lowest BCUT2D eigenvalue weighted by molar-refractivity contribution is -0.387. The summed E-state index contributed by atoms with van der Waals surface area (Å²) in [6.07, 6.45) is 1.85. The van der Waals surface area contributed by atoms with Crippen LogP contribution in [0.25, 0.3) is 0 Å². The van der Waals surface area contributed by atoms with E-state index in [1.807, 2.05) is 0 Å². The van der Waals surface area contributed by atoms with E-state index in [9.17, 15) is 18.5 Å². The van der Waals surface area contributed by atoms with Gasteiger partial charge in [-0.3, -0.25) is 10.1 Å². The monoisotopic (exact) mass is 421 g/mol. The van der Waals surface area contributed by atoms with Crippen molar-refractivity contribution in [2.45, 2.75) is 18.2 Å². The van der Waals surface area contributed by atoms with Crippen LogP contribution in [-0.4, -0.2) is 32.1 Å². The standard InChI is InChI=1S/C17H19N5O6S/c1-12-9-13(27-8-4-7-20-21-17(18)19)11-14(10-12)28-29(25,26)16-6-3-2-5-15(16)22(23)24/h2-3,5-7,9-11H,4,8H2,1H3,(H4,18,19,21). The van der Waals surface area contributed by atoms with Gasteiger partial charge in [-0.05, 0) is 30.7 Å². The van der Waals surface area contributed by atoms with Crippen molar-refractivity contribution in [3.8, 4) is 11.5 Å². The molecule has 0 amide bonds. The summed E-state index contributed by atoms with van der Waals surface area (Å²) in [6.45, 7) is 1.95. The Morgan fingerprint density at radius 2 is 1.90 bits per heavy atom. The van der Waals surface area contributed by atoms with Gasteiger partial charge in [0, 0.05) is 24.8 Å². The summed E-state index contributed by atoms with van der Waals surface area (Å²) in [5.41, 5.74) is 10.4. The topological polar surface area (TPSA) is 172 Å². The molecule has 0 atom stereocenters. The second-order valence-electron chi connectivity index (χ2n) is 5.70. The Morgan fingerprint density at radius 3 is 2.59 bits per heavy atom. The molecule has 2 aromatic carbocycles. The number of rotatable bonds is 9. The third kappa shape index (κ3) is 6.46. The van der Waals surface area contributed by atoms with Crippen LogP contribution in [0, 0.1) is 17.0 Å². The maximum absolute atomic E-state index is 12.5. The van der Waals surface area contributed by atoms with Crippen LogP contribution >= 0.6 is 0 Å². The summed E-state index contributed by atoms with van der Waals surface area (Å²) in [7, 11) is -4.42. The molecule has 154 valence electrons. The molecule has 0 aliphatic carbocycles. The largest absolute Gasteiger partial charge is 0.493 e. The third-order valence-electron chi connectivity index (χ3n) is 3.33. The van der Waals surface area contributed by atoms with Crippen molar-refractivity contribution in [2.75, 3.05) is 6.61 Å². The minimum atomic E-state index is -4.42. The van der Waals surface area contributed by atoms with Crippen LogP contribution in [0.1, 0.15) is 12.0 Å². The molecule has 0 radical (unpaired) electrons. The second kappa shape index (κ2) is 9.50. The molecule has 2 aromatic rings. The number of nitro benzene ring substituents is 1. The molecule has 0 saturated carbocycles. The van der Waals surface area contributed by atoms with Gasteiger partial charge in [0.25, 0.3) is 5.69 Å². The van der Waals surface area contributed by atoms with E-state index in [0.29, 0.717) is 17.7 Å². The van der Waals surface area contributed by atoms with Gasteiger partial charge in [0.2, 0.25) is 5.96 Å². The van der Waals surface area contributed by atoms with Crippen LogP contribution in [0.3, 0.4) is 0 Å². The van der Waals surface area contributed by atoms with Gasteiger partial charge in [-0.1, -0.05) is 12.1 Å². The Hall–Kier alpha value is -3.67. The minimum Gasteiger partial charge on any atom is -0.493 e. The number of para-hydroxylation sites is 1. The van der Waals surface area contributed by atoms with E-state index >= 15 is 0 Å². The molecular formula is C17H19N5O6S. The van der Waals surface area contributed by atoms with Crippen molar-refractivity contribution in [1.29, 1.82) is 0 Å². The highest BCUT2D eigenvalue weighted by Gasteiger charge is 2.27. The highest BCUT2D eigenvalue weighted by Crippen LogP contribution is 2.29. The van der Waals surface area contributed by atoms with Crippen molar-refractivity contribution < 1.29 is 22.3 Å². The molecule has 0 bridgehead atoms. The number of hydrogen-bond acceptors (Lipinski definition) is 8. The fraction of sp³-hybridized carbons (Fsp3) is 0.176. The lowest BCUT2D eigenvalue weighted by Gasteiger charge is -2.11. The first-order valence-electron chi connectivity index (χ1n) is 8.22. The molecule has 11 nitrogen and oxygen atoms in total. The molecule has 0 saturated heterocycles. The van der Waals surface area contributed by atoms with Crippen molar-refractivity contribution >= 4 is 28.0 Å². The van der Waals surface area contributed by atoms with Gasteiger partial charge in [-0.25, -0.2) is 0 Å². The van der Waals surface area contributed by atoms with Gasteiger partial charge < -0.3 is 20.4 Å². The van der Waals surface area contributed by atoms with Crippen LogP contribution in [0.4, 0.5) is 5.69 Å². The molecule has 0 unspecified atom stereocenters. The van der Waals surface area contributed by atoms with Gasteiger partial charge in [-0.15, -0.1) is 5.10 Å². The van der Waals surface area contributed by atoms with Gasteiger partial charge in [0.05, 0.1) is 11.5 Å². The average molecular weight is 421 g/mol. The normalized spacial score (nSPS) is 11.2. The fourth-order valence-corrected chi connectivity index (χ4v) is 3.31. The van der Waals surface area contributed by atoms with Crippen molar-refractivity contribution in [2.24, 2.45) is 21.7 Å². The first-order valence-corrected chi connectivity index (χ1v) is 9.62. The first-order chi connectivity index (χ1) is 13.7. The van der Waals surface area contributed by atoms with E-state index in [1.165, 1.54) is 30.5 Å². The number of guanidine groups is 1. The zero-order chi connectivity index (χ0) is 21.4. The highest BCUT2D eigenvalue weighted by molar-refractivity contribution is 7.87. The van der Waals surface area contributed by atoms with Crippen LogP contribution < -0.4 is 20.4 Å². The summed E-state index contributed by atoms with van der Waals surface area (Å²) in [6, 6.07) is 9.45. The lowest BCUT2D eigenvalue weighted by atomic mass is 10.2. The predicted molar refractivity (Wildman–Crippen MR) is 107 cm³/mol. The molecule has 29 heavy (non-hydrogen) atoms. The van der Waals surface area contributed by atoms with Gasteiger partial charge >= 0.3 is 10.1 Å². The smallest absolute Gasteiger partial charge is 0.346 e. The highest BCUT2D eigenvalue weighted by atomic mass is 32.2. The van der Waals surface area contributed by atoms with E-state index in [4.69, 9.17) is 20.4 Å². The zero-order valence-corrected chi connectivity index (χ0v) is 16.2. The average Bonchev–Trinajstić information content (AvgIpc) is 2.63. The number of aryl methyl sites for hydroxylation is 1. The van der Waals surface area contributed by atoms with Crippen molar-refractivity contribution in [3.63, 3.8) is 0 Å². The zero-order valence-electron chi connectivity index (χ0n) is 15.4. The molecule has 0 aliphatic rings. The predicted octanol–water partition coefficient (Wildman–Crippen LogP) is 1.70. The molecule has 0 fully saturated rings. The lowest BCUT2D eigenvalue weighted by Crippen LogP contribution is -2.21. The molecule has 2 rings (SSSR count). The summed E-state index contributed by atoms with van der Waals surface area (Å²) in [4.78, 5) is 9.77. The summed E-state index contributed by atoms with van der Waals surface area (Å²) in [5.74, 6) is 0.155. The van der Waals surface area contributed by atoms with Crippen LogP contribution in [0.15, 0.2) is 57.6 Å². The number of nitrogens with zero attached hydrogens (tertiary/aromatic N) is 3. The summed E-state index contributed by atoms with van der Waals surface area (Å²) in [5, 5.41) is 18.1. The third-order valence-corrected chi connectivity index (χ3v) is 4.63. The molecule has 0 spiro atoms. The maximum Gasteiger partial charge on any atom is 0.346 e. The summed E-state index contributed by atoms with van der Waals surface area (Å²) < 4.78 is 35.7. The second-order valence-corrected chi connectivity index (χ2v) is 7.22. The Labute approximate surface area is 166 Å². The fourth-order valence-electron chi connectivity index (χ4n) is 2.23. The van der Waals surface area contributed by atoms with Gasteiger partial charge in [0.1, 0.15) is 11.5 Å². The molecule has 12 heteroatoms.